The average Bonchev–Trinajstić information content (AvgIpc) is 2.82. The van der Waals surface area contributed by atoms with Gasteiger partial charge in [0, 0.05) is 6.04 Å². The van der Waals surface area contributed by atoms with Crippen LogP contribution in [0.15, 0.2) is 18.2 Å². The summed E-state index contributed by atoms with van der Waals surface area (Å²) in [6.45, 7) is 1.62. The van der Waals surface area contributed by atoms with Crippen molar-refractivity contribution < 1.29 is 9.13 Å². The van der Waals surface area contributed by atoms with Gasteiger partial charge in [-0.3, -0.25) is 0 Å². The normalized spacial score (nSPS) is 29.4. The lowest BCUT2D eigenvalue weighted by atomic mass is 9.99. The maximum absolute atomic E-state index is 13.0. The maximum Gasteiger partial charge on any atom is 0.123 e. The third-order valence-electron chi connectivity index (χ3n) is 3.29. The van der Waals surface area contributed by atoms with Crippen molar-refractivity contribution in [2.24, 2.45) is 0 Å². The summed E-state index contributed by atoms with van der Waals surface area (Å²) in [5.41, 5.74) is 2.17. The highest BCUT2D eigenvalue weighted by atomic mass is 19.1. The van der Waals surface area contributed by atoms with Crippen molar-refractivity contribution in [2.75, 3.05) is 6.54 Å². The van der Waals surface area contributed by atoms with E-state index in [0.29, 0.717) is 12.6 Å². The summed E-state index contributed by atoms with van der Waals surface area (Å²) in [5, 5.41) is 3.44. The van der Waals surface area contributed by atoms with Crippen LogP contribution in [-0.4, -0.2) is 12.6 Å². The molecule has 0 aliphatic carbocycles. The van der Waals surface area contributed by atoms with E-state index in [2.05, 4.69) is 5.32 Å². The van der Waals surface area contributed by atoms with Crippen LogP contribution in [0, 0.1) is 5.82 Å². The van der Waals surface area contributed by atoms with Crippen molar-refractivity contribution in [1.29, 1.82) is 0 Å². The zero-order valence-electron chi connectivity index (χ0n) is 8.50. The molecule has 2 heterocycles. The highest BCUT2D eigenvalue weighted by Crippen LogP contribution is 2.35. The molecule has 15 heavy (non-hydrogen) atoms. The fourth-order valence-corrected chi connectivity index (χ4v) is 2.55. The number of hydrogen-bond donors (Lipinski definition) is 1. The number of benzene rings is 1. The Hall–Kier alpha value is -0.930. The van der Waals surface area contributed by atoms with Crippen LogP contribution >= 0.6 is 0 Å². The second-order valence-corrected chi connectivity index (χ2v) is 4.28. The minimum absolute atomic E-state index is 0.128. The van der Waals surface area contributed by atoms with Gasteiger partial charge in [-0.25, -0.2) is 4.39 Å². The SMILES string of the molecule is Fc1ccc2c(c1)CO[C@H]2C1CCCN1. The van der Waals surface area contributed by atoms with Crippen molar-refractivity contribution in [1.82, 2.24) is 5.32 Å². The summed E-state index contributed by atoms with van der Waals surface area (Å²) >= 11 is 0. The summed E-state index contributed by atoms with van der Waals surface area (Å²) in [4.78, 5) is 0. The number of ether oxygens (including phenoxy) is 1. The van der Waals surface area contributed by atoms with E-state index in [-0.39, 0.29) is 11.9 Å². The molecule has 1 N–H and O–H groups in total. The Morgan fingerprint density at radius 1 is 1.40 bits per heavy atom. The monoisotopic (exact) mass is 207 g/mol. The number of rotatable bonds is 1. The van der Waals surface area contributed by atoms with Gasteiger partial charge in [0.05, 0.1) is 12.7 Å². The van der Waals surface area contributed by atoms with E-state index < -0.39 is 0 Å². The molecule has 80 valence electrons. The van der Waals surface area contributed by atoms with Gasteiger partial charge >= 0.3 is 0 Å². The average molecular weight is 207 g/mol. The van der Waals surface area contributed by atoms with E-state index in [4.69, 9.17) is 4.74 Å². The first-order valence-electron chi connectivity index (χ1n) is 5.48. The van der Waals surface area contributed by atoms with E-state index in [9.17, 15) is 4.39 Å². The molecule has 3 heteroatoms. The van der Waals surface area contributed by atoms with Gasteiger partial charge in [-0.15, -0.1) is 0 Å². The highest BCUT2D eigenvalue weighted by Gasteiger charge is 2.32. The molecule has 0 spiro atoms. The Morgan fingerprint density at radius 2 is 2.33 bits per heavy atom. The van der Waals surface area contributed by atoms with Crippen LogP contribution in [0.5, 0.6) is 0 Å². The highest BCUT2D eigenvalue weighted by molar-refractivity contribution is 5.33. The smallest absolute Gasteiger partial charge is 0.123 e. The maximum atomic E-state index is 13.0. The molecule has 0 bridgehead atoms. The molecule has 3 rings (SSSR count). The number of fused-ring (bicyclic) bond motifs is 1. The van der Waals surface area contributed by atoms with Crippen molar-refractivity contribution in [2.45, 2.75) is 31.6 Å². The van der Waals surface area contributed by atoms with Crippen molar-refractivity contribution in [3.05, 3.63) is 35.1 Å². The fraction of sp³-hybridized carbons (Fsp3) is 0.500. The van der Waals surface area contributed by atoms with Crippen LogP contribution < -0.4 is 5.32 Å². The first-order valence-corrected chi connectivity index (χ1v) is 5.48. The molecule has 2 aliphatic rings. The first-order chi connectivity index (χ1) is 7.34. The fourth-order valence-electron chi connectivity index (χ4n) is 2.55. The molecule has 2 aliphatic heterocycles. The van der Waals surface area contributed by atoms with Crippen molar-refractivity contribution in [3.8, 4) is 0 Å². The van der Waals surface area contributed by atoms with Gasteiger partial charge in [-0.1, -0.05) is 6.07 Å². The molecule has 1 fully saturated rings. The van der Waals surface area contributed by atoms with Gasteiger partial charge in [-0.05, 0) is 42.6 Å². The molecule has 0 amide bonds. The van der Waals surface area contributed by atoms with Gasteiger partial charge in [0.25, 0.3) is 0 Å². The number of nitrogens with one attached hydrogen (secondary N) is 1. The van der Waals surface area contributed by atoms with Crippen LogP contribution in [0.1, 0.15) is 30.1 Å². The lowest BCUT2D eigenvalue weighted by Crippen LogP contribution is -2.28. The molecule has 1 saturated heterocycles. The number of hydrogen-bond acceptors (Lipinski definition) is 2. The van der Waals surface area contributed by atoms with Crippen molar-refractivity contribution >= 4 is 0 Å². The minimum Gasteiger partial charge on any atom is -0.367 e. The summed E-state index contributed by atoms with van der Waals surface area (Å²) in [6, 6.07) is 5.39. The second-order valence-electron chi connectivity index (χ2n) is 4.28. The van der Waals surface area contributed by atoms with Gasteiger partial charge in [0.2, 0.25) is 0 Å². The Kier molecular flexibility index (Phi) is 2.22. The second kappa shape index (κ2) is 3.58. The predicted octanol–water partition coefficient (Wildman–Crippen LogP) is 2.15. The molecule has 0 saturated carbocycles. The molecule has 1 aromatic rings. The lowest BCUT2D eigenvalue weighted by Gasteiger charge is -2.18. The zero-order valence-corrected chi connectivity index (χ0v) is 8.50. The Morgan fingerprint density at radius 3 is 3.13 bits per heavy atom. The van der Waals surface area contributed by atoms with Gasteiger partial charge in [0.1, 0.15) is 5.82 Å². The molecule has 2 nitrogen and oxygen atoms in total. The third kappa shape index (κ3) is 1.56. The van der Waals surface area contributed by atoms with E-state index in [0.717, 1.165) is 24.1 Å². The Labute approximate surface area is 88.4 Å². The summed E-state index contributed by atoms with van der Waals surface area (Å²) in [5.74, 6) is -0.169. The topological polar surface area (TPSA) is 21.3 Å². The third-order valence-corrected chi connectivity index (χ3v) is 3.29. The van der Waals surface area contributed by atoms with E-state index in [1.165, 1.54) is 12.5 Å². The Balaban J connectivity index is 1.90. The van der Waals surface area contributed by atoms with Crippen LogP contribution in [0.4, 0.5) is 4.39 Å². The molecular formula is C12H14FNO. The predicted molar refractivity (Wildman–Crippen MR) is 55.0 cm³/mol. The van der Waals surface area contributed by atoms with E-state index in [1.807, 2.05) is 6.07 Å². The van der Waals surface area contributed by atoms with Crippen LogP contribution in [-0.2, 0) is 11.3 Å². The van der Waals surface area contributed by atoms with Crippen LogP contribution in [0.25, 0.3) is 0 Å². The Bertz CT molecular complexity index is 374. The number of halogens is 1. The summed E-state index contributed by atoms with van der Waals surface area (Å²) < 4.78 is 18.7. The zero-order chi connectivity index (χ0) is 10.3. The van der Waals surface area contributed by atoms with Crippen LogP contribution in [0.2, 0.25) is 0 Å². The van der Waals surface area contributed by atoms with Gasteiger partial charge in [-0.2, -0.15) is 0 Å². The molecular weight excluding hydrogens is 193 g/mol. The van der Waals surface area contributed by atoms with E-state index in [1.54, 1.807) is 6.07 Å². The molecule has 1 aromatic carbocycles. The summed E-state index contributed by atoms with van der Waals surface area (Å²) in [7, 11) is 0. The molecule has 1 unspecified atom stereocenters. The standard InChI is InChI=1S/C12H14FNO/c13-9-3-4-10-8(6-9)7-15-12(10)11-2-1-5-14-11/h3-4,6,11-12,14H,1-2,5,7H2/t11?,12-/m1/s1. The van der Waals surface area contributed by atoms with Crippen LogP contribution in [0.3, 0.4) is 0 Å². The minimum atomic E-state index is -0.169. The molecule has 2 atom stereocenters. The van der Waals surface area contributed by atoms with Crippen molar-refractivity contribution in [3.63, 3.8) is 0 Å². The van der Waals surface area contributed by atoms with Gasteiger partial charge < -0.3 is 10.1 Å². The molecule has 0 aromatic heterocycles. The van der Waals surface area contributed by atoms with Gasteiger partial charge in [0.15, 0.2) is 0 Å². The largest absolute Gasteiger partial charge is 0.367 e. The lowest BCUT2D eigenvalue weighted by molar-refractivity contribution is 0.0426. The quantitative estimate of drug-likeness (QED) is 0.761. The van der Waals surface area contributed by atoms with E-state index >= 15 is 0 Å². The summed E-state index contributed by atoms with van der Waals surface area (Å²) in [6.07, 6.45) is 2.49. The molecule has 0 radical (unpaired) electrons. The first kappa shape index (κ1) is 9.31.